The molecule has 2 unspecified atom stereocenters. The quantitative estimate of drug-likeness (QED) is 0.569. The number of anilines is 1. The fraction of sp³-hybridized carbons (Fsp3) is 0.350. The lowest BCUT2D eigenvalue weighted by Gasteiger charge is -2.22. The smallest absolute Gasteiger partial charge is 0.179 e. The van der Waals surface area contributed by atoms with Gasteiger partial charge in [0.1, 0.15) is 5.75 Å². The van der Waals surface area contributed by atoms with Crippen molar-refractivity contribution < 1.29 is 9.53 Å². The van der Waals surface area contributed by atoms with E-state index >= 15 is 0 Å². The normalized spacial score (nSPS) is 13.3. The van der Waals surface area contributed by atoms with E-state index in [0.717, 1.165) is 5.56 Å². The molecule has 0 saturated carbocycles. The number of rotatable bonds is 8. The zero-order chi connectivity index (χ0) is 17.5. The van der Waals surface area contributed by atoms with E-state index < -0.39 is 0 Å². The van der Waals surface area contributed by atoms with Gasteiger partial charge in [0.2, 0.25) is 0 Å². The first-order valence-electron chi connectivity index (χ1n) is 8.44. The molecule has 0 aliphatic carbocycles. The highest BCUT2D eigenvalue weighted by Gasteiger charge is 2.21. The zero-order valence-corrected chi connectivity index (χ0v) is 14.6. The summed E-state index contributed by atoms with van der Waals surface area (Å²) < 4.78 is 5.43. The fourth-order valence-electron chi connectivity index (χ4n) is 2.71. The Morgan fingerprint density at radius 2 is 1.88 bits per heavy atom. The SMILES string of the molecule is CCOc1ccc(C(=O)C(CC)NC(C)c2ccccc2)cc1N. The van der Waals surface area contributed by atoms with E-state index in [-0.39, 0.29) is 17.9 Å². The zero-order valence-electron chi connectivity index (χ0n) is 14.6. The van der Waals surface area contributed by atoms with Crippen molar-refractivity contribution >= 4 is 11.5 Å². The number of hydrogen-bond acceptors (Lipinski definition) is 4. The molecule has 24 heavy (non-hydrogen) atoms. The average molecular weight is 326 g/mol. The first kappa shape index (κ1) is 18.0. The second kappa shape index (κ2) is 8.50. The fourth-order valence-corrected chi connectivity index (χ4v) is 2.71. The summed E-state index contributed by atoms with van der Waals surface area (Å²) in [5.74, 6) is 0.669. The molecular formula is C20H26N2O2. The molecule has 0 spiro atoms. The van der Waals surface area contributed by atoms with Crippen molar-refractivity contribution in [3.05, 3.63) is 59.7 Å². The Morgan fingerprint density at radius 3 is 2.46 bits per heavy atom. The van der Waals surface area contributed by atoms with Crippen LogP contribution in [0.15, 0.2) is 48.5 Å². The topological polar surface area (TPSA) is 64.3 Å². The second-order valence-corrected chi connectivity index (χ2v) is 5.81. The Bertz CT molecular complexity index is 671. The minimum atomic E-state index is -0.252. The largest absolute Gasteiger partial charge is 0.492 e. The van der Waals surface area contributed by atoms with Crippen LogP contribution < -0.4 is 15.8 Å². The minimum Gasteiger partial charge on any atom is -0.492 e. The third kappa shape index (κ3) is 4.36. The van der Waals surface area contributed by atoms with Crippen LogP contribution in [0.2, 0.25) is 0 Å². The van der Waals surface area contributed by atoms with Gasteiger partial charge in [-0.2, -0.15) is 0 Å². The van der Waals surface area contributed by atoms with Gasteiger partial charge in [-0.15, -0.1) is 0 Å². The summed E-state index contributed by atoms with van der Waals surface area (Å²) in [6.07, 6.45) is 0.711. The minimum absolute atomic E-state index is 0.0510. The molecule has 0 radical (unpaired) electrons. The predicted octanol–water partition coefficient (Wildman–Crippen LogP) is 3.98. The van der Waals surface area contributed by atoms with Gasteiger partial charge in [0, 0.05) is 11.6 Å². The molecule has 0 fully saturated rings. The van der Waals surface area contributed by atoms with E-state index in [1.807, 2.05) is 32.0 Å². The number of ether oxygens (including phenoxy) is 1. The van der Waals surface area contributed by atoms with Crippen molar-refractivity contribution in [1.82, 2.24) is 5.32 Å². The van der Waals surface area contributed by atoms with Crippen molar-refractivity contribution in [1.29, 1.82) is 0 Å². The molecule has 2 rings (SSSR count). The van der Waals surface area contributed by atoms with E-state index in [0.29, 0.717) is 30.0 Å². The Balaban J connectivity index is 2.12. The van der Waals surface area contributed by atoms with Crippen LogP contribution in [0.3, 0.4) is 0 Å². The van der Waals surface area contributed by atoms with E-state index in [2.05, 4.69) is 24.4 Å². The molecule has 2 aromatic carbocycles. The summed E-state index contributed by atoms with van der Waals surface area (Å²) in [4.78, 5) is 12.8. The molecule has 2 aromatic rings. The van der Waals surface area contributed by atoms with Crippen LogP contribution in [0.1, 0.15) is 49.2 Å². The van der Waals surface area contributed by atoms with Gasteiger partial charge in [0.15, 0.2) is 5.78 Å². The van der Waals surface area contributed by atoms with Crippen molar-refractivity contribution in [2.45, 2.75) is 39.3 Å². The number of ketones is 1. The van der Waals surface area contributed by atoms with E-state index in [1.54, 1.807) is 18.2 Å². The van der Waals surface area contributed by atoms with Crippen LogP contribution >= 0.6 is 0 Å². The summed E-state index contributed by atoms with van der Waals surface area (Å²) >= 11 is 0. The van der Waals surface area contributed by atoms with Gasteiger partial charge >= 0.3 is 0 Å². The van der Waals surface area contributed by atoms with E-state index in [4.69, 9.17) is 10.5 Å². The maximum Gasteiger partial charge on any atom is 0.179 e. The lowest BCUT2D eigenvalue weighted by atomic mass is 9.99. The van der Waals surface area contributed by atoms with E-state index in [1.165, 1.54) is 0 Å². The number of carbonyl (C=O) groups is 1. The molecule has 0 aliphatic rings. The van der Waals surface area contributed by atoms with Gasteiger partial charge in [-0.25, -0.2) is 0 Å². The molecule has 0 heterocycles. The Labute approximate surface area is 144 Å². The summed E-state index contributed by atoms with van der Waals surface area (Å²) in [6.45, 7) is 6.52. The molecule has 0 aliphatic heterocycles. The molecule has 3 N–H and O–H groups in total. The summed E-state index contributed by atoms with van der Waals surface area (Å²) in [7, 11) is 0. The average Bonchev–Trinajstić information content (AvgIpc) is 2.61. The standard InChI is InChI=1S/C20H26N2O2/c1-4-18(22-14(3)15-9-7-6-8-10-15)20(23)16-11-12-19(24-5-2)17(21)13-16/h6-14,18,22H,4-5,21H2,1-3H3. The molecule has 0 aromatic heterocycles. The molecule has 0 saturated heterocycles. The first-order chi connectivity index (χ1) is 11.6. The van der Waals surface area contributed by atoms with Crippen molar-refractivity contribution in [2.24, 2.45) is 0 Å². The molecule has 4 heteroatoms. The number of carbonyl (C=O) groups excluding carboxylic acids is 1. The number of nitrogens with two attached hydrogens (primary N) is 1. The lowest BCUT2D eigenvalue weighted by Crippen LogP contribution is -2.38. The predicted molar refractivity (Wildman–Crippen MR) is 98.4 cm³/mol. The van der Waals surface area contributed by atoms with Crippen LogP contribution in [-0.4, -0.2) is 18.4 Å². The number of benzene rings is 2. The first-order valence-corrected chi connectivity index (χ1v) is 8.44. The molecule has 4 nitrogen and oxygen atoms in total. The van der Waals surface area contributed by atoms with Gasteiger partial charge in [-0.3, -0.25) is 4.79 Å². The maximum absolute atomic E-state index is 12.8. The summed E-state index contributed by atoms with van der Waals surface area (Å²) in [5, 5.41) is 3.42. The van der Waals surface area contributed by atoms with Crippen molar-refractivity contribution in [3.8, 4) is 5.75 Å². The highest BCUT2D eigenvalue weighted by atomic mass is 16.5. The number of nitrogen functional groups attached to an aromatic ring is 1. The summed E-state index contributed by atoms with van der Waals surface area (Å²) in [6, 6.07) is 15.2. The number of nitrogens with one attached hydrogen (secondary N) is 1. The van der Waals surface area contributed by atoms with Crippen LogP contribution in [-0.2, 0) is 0 Å². The molecule has 0 bridgehead atoms. The third-order valence-electron chi connectivity index (χ3n) is 4.07. The van der Waals surface area contributed by atoms with Crippen LogP contribution in [0.4, 0.5) is 5.69 Å². The van der Waals surface area contributed by atoms with Crippen molar-refractivity contribution in [2.75, 3.05) is 12.3 Å². The van der Waals surface area contributed by atoms with Crippen LogP contribution in [0.25, 0.3) is 0 Å². The Morgan fingerprint density at radius 1 is 1.17 bits per heavy atom. The molecule has 2 atom stereocenters. The monoisotopic (exact) mass is 326 g/mol. The molecule has 128 valence electrons. The number of hydrogen-bond donors (Lipinski definition) is 2. The molecular weight excluding hydrogens is 300 g/mol. The molecule has 0 amide bonds. The second-order valence-electron chi connectivity index (χ2n) is 5.81. The van der Waals surface area contributed by atoms with Crippen LogP contribution in [0, 0.1) is 0 Å². The van der Waals surface area contributed by atoms with Gasteiger partial charge in [0.05, 0.1) is 18.3 Å². The van der Waals surface area contributed by atoms with Gasteiger partial charge < -0.3 is 15.8 Å². The maximum atomic E-state index is 12.8. The summed E-state index contributed by atoms with van der Waals surface area (Å²) in [5.41, 5.74) is 8.24. The Kier molecular flexibility index (Phi) is 6.38. The van der Waals surface area contributed by atoms with Crippen LogP contribution in [0.5, 0.6) is 5.75 Å². The highest BCUT2D eigenvalue weighted by molar-refractivity contribution is 6.01. The third-order valence-corrected chi connectivity index (χ3v) is 4.07. The van der Waals surface area contributed by atoms with Gasteiger partial charge in [-0.1, -0.05) is 37.3 Å². The van der Waals surface area contributed by atoms with E-state index in [9.17, 15) is 4.79 Å². The van der Waals surface area contributed by atoms with Crippen molar-refractivity contribution in [3.63, 3.8) is 0 Å². The Hall–Kier alpha value is -2.33. The lowest BCUT2D eigenvalue weighted by molar-refractivity contribution is 0.0934. The highest BCUT2D eigenvalue weighted by Crippen LogP contribution is 2.24. The number of Topliss-reactive ketones (excluding diaryl/α,β-unsaturated/α-hetero) is 1. The van der Waals surface area contributed by atoms with Gasteiger partial charge in [0.25, 0.3) is 0 Å². The van der Waals surface area contributed by atoms with Gasteiger partial charge in [-0.05, 0) is 44.0 Å².